The maximum absolute atomic E-state index is 12.1. The lowest BCUT2D eigenvalue weighted by Crippen LogP contribution is -2.07. The summed E-state index contributed by atoms with van der Waals surface area (Å²) in [7, 11) is 0. The topological polar surface area (TPSA) is 44.1 Å². The molecule has 0 radical (unpaired) electrons. The largest absolute Gasteiger partial charge is 0.461 e. The van der Waals surface area contributed by atoms with E-state index >= 15 is 0 Å². The molecular formula is C22H19BrN2O2. The summed E-state index contributed by atoms with van der Waals surface area (Å²) in [4.78, 5) is 16.5. The number of nitrogens with zero attached hydrogens (tertiary/aromatic N) is 2. The molecule has 0 unspecified atom stereocenters. The van der Waals surface area contributed by atoms with Crippen molar-refractivity contribution in [2.45, 2.75) is 20.4 Å². The number of fused-ring (bicyclic) bond motifs is 3. The van der Waals surface area contributed by atoms with Crippen LogP contribution in [0, 0.1) is 6.92 Å². The molecule has 0 amide bonds. The van der Waals surface area contributed by atoms with Gasteiger partial charge in [0.2, 0.25) is 0 Å². The molecule has 4 nitrogen and oxygen atoms in total. The molecule has 0 aliphatic carbocycles. The zero-order chi connectivity index (χ0) is 19.0. The van der Waals surface area contributed by atoms with Crippen LogP contribution in [0.5, 0.6) is 0 Å². The summed E-state index contributed by atoms with van der Waals surface area (Å²) in [6.45, 7) is 4.94. The Morgan fingerprint density at radius 2 is 1.93 bits per heavy atom. The Balaban J connectivity index is 1.91. The highest BCUT2D eigenvalue weighted by molar-refractivity contribution is 9.10. The molecule has 2 aromatic carbocycles. The molecule has 0 aliphatic rings. The van der Waals surface area contributed by atoms with Crippen molar-refractivity contribution in [1.82, 2.24) is 9.55 Å². The van der Waals surface area contributed by atoms with E-state index in [0.717, 1.165) is 26.3 Å². The molecule has 4 rings (SSSR count). The molecule has 5 heteroatoms. The summed E-state index contributed by atoms with van der Waals surface area (Å²) in [5, 5.41) is 2.11. The maximum atomic E-state index is 12.1. The summed E-state index contributed by atoms with van der Waals surface area (Å²) in [6, 6.07) is 16.4. The molecule has 27 heavy (non-hydrogen) atoms. The quantitative estimate of drug-likeness (QED) is 0.408. The van der Waals surface area contributed by atoms with Gasteiger partial charge in [-0.2, -0.15) is 0 Å². The van der Waals surface area contributed by atoms with Crippen LogP contribution < -0.4 is 0 Å². The lowest BCUT2D eigenvalue weighted by atomic mass is 10.1. The molecule has 0 aliphatic heterocycles. The second-order valence-electron chi connectivity index (χ2n) is 6.51. The predicted octanol–water partition coefficient (Wildman–Crippen LogP) is 5.49. The van der Waals surface area contributed by atoms with E-state index in [0.29, 0.717) is 18.8 Å². The minimum atomic E-state index is -0.391. The zero-order valence-corrected chi connectivity index (χ0v) is 16.8. The fourth-order valence-electron chi connectivity index (χ4n) is 3.43. The summed E-state index contributed by atoms with van der Waals surface area (Å²) in [6.07, 6.45) is 1.77. The number of hydrogen-bond acceptors (Lipinski definition) is 3. The molecule has 4 aromatic rings. The van der Waals surface area contributed by atoms with E-state index in [9.17, 15) is 4.79 Å². The molecular weight excluding hydrogens is 404 g/mol. The van der Waals surface area contributed by atoms with Gasteiger partial charge in [0.05, 0.1) is 18.3 Å². The minimum Gasteiger partial charge on any atom is -0.461 e. The van der Waals surface area contributed by atoms with Gasteiger partial charge in [0.15, 0.2) is 0 Å². The van der Waals surface area contributed by atoms with Crippen molar-refractivity contribution in [2.75, 3.05) is 6.61 Å². The number of rotatable bonds is 4. The second-order valence-corrected chi connectivity index (χ2v) is 7.36. The van der Waals surface area contributed by atoms with E-state index in [2.05, 4.69) is 62.7 Å². The lowest BCUT2D eigenvalue weighted by Gasteiger charge is -2.10. The van der Waals surface area contributed by atoms with Gasteiger partial charge in [0, 0.05) is 27.3 Å². The van der Waals surface area contributed by atoms with Crippen LogP contribution in [0.1, 0.15) is 28.5 Å². The van der Waals surface area contributed by atoms with Gasteiger partial charge in [-0.1, -0.05) is 51.8 Å². The van der Waals surface area contributed by atoms with Crippen molar-refractivity contribution in [3.8, 4) is 0 Å². The Morgan fingerprint density at radius 1 is 1.11 bits per heavy atom. The van der Waals surface area contributed by atoms with Crippen LogP contribution in [0.4, 0.5) is 0 Å². The first-order chi connectivity index (χ1) is 13.1. The Bertz CT molecular complexity index is 1160. The number of hydrogen-bond donors (Lipinski definition) is 0. The van der Waals surface area contributed by atoms with E-state index in [1.165, 1.54) is 11.1 Å². The van der Waals surface area contributed by atoms with Crippen molar-refractivity contribution in [3.63, 3.8) is 0 Å². The molecule has 0 N–H and O–H groups in total. The third-order valence-electron chi connectivity index (χ3n) is 4.67. The molecule has 0 saturated heterocycles. The summed E-state index contributed by atoms with van der Waals surface area (Å²) < 4.78 is 8.43. The molecule has 0 atom stereocenters. The smallest absolute Gasteiger partial charge is 0.356 e. The Kier molecular flexibility index (Phi) is 4.70. The third kappa shape index (κ3) is 3.23. The number of carbonyl (C=O) groups excluding carboxylic acids is 1. The first kappa shape index (κ1) is 17.7. The third-order valence-corrected chi connectivity index (χ3v) is 5.45. The fraction of sp³-hybridized carbons (Fsp3) is 0.182. The predicted molar refractivity (Wildman–Crippen MR) is 111 cm³/mol. The van der Waals surface area contributed by atoms with Gasteiger partial charge >= 0.3 is 5.97 Å². The number of esters is 1. The number of pyridine rings is 1. The number of carbonyl (C=O) groups is 1. The first-order valence-electron chi connectivity index (χ1n) is 8.87. The van der Waals surface area contributed by atoms with Crippen LogP contribution in [-0.2, 0) is 11.3 Å². The van der Waals surface area contributed by atoms with Crippen molar-refractivity contribution < 1.29 is 9.53 Å². The van der Waals surface area contributed by atoms with Gasteiger partial charge in [0.1, 0.15) is 5.69 Å². The van der Waals surface area contributed by atoms with Gasteiger partial charge < -0.3 is 9.30 Å². The number of aryl methyl sites for hydroxylation is 1. The van der Waals surface area contributed by atoms with Crippen LogP contribution in [0.3, 0.4) is 0 Å². The zero-order valence-electron chi connectivity index (χ0n) is 15.2. The second kappa shape index (κ2) is 7.16. The highest BCUT2D eigenvalue weighted by Gasteiger charge is 2.16. The lowest BCUT2D eigenvalue weighted by molar-refractivity contribution is 0.0519. The van der Waals surface area contributed by atoms with E-state index < -0.39 is 5.97 Å². The van der Waals surface area contributed by atoms with Gasteiger partial charge in [-0.25, -0.2) is 9.78 Å². The average Bonchev–Trinajstić information content (AvgIpc) is 2.98. The van der Waals surface area contributed by atoms with Gasteiger partial charge in [0.25, 0.3) is 0 Å². The standard InChI is InChI=1S/C22H19BrN2O2/c1-3-27-22(26)19-11-17-16-6-4-5-7-20(16)25(21(17)12-24-19)13-15-10-14(2)8-9-18(15)23/h4-12H,3,13H2,1-2H3. The normalized spacial score (nSPS) is 11.2. The molecule has 0 fully saturated rings. The fourth-order valence-corrected chi connectivity index (χ4v) is 3.80. The van der Waals surface area contributed by atoms with Crippen LogP contribution in [0.15, 0.2) is 59.2 Å². The Labute approximate surface area is 165 Å². The van der Waals surface area contributed by atoms with E-state index in [-0.39, 0.29) is 0 Å². The summed E-state index contributed by atoms with van der Waals surface area (Å²) >= 11 is 3.66. The molecule has 136 valence electrons. The van der Waals surface area contributed by atoms with Crippen molar-refractivity contribution >= 4 is 43.7 Å². The Hall–Kier alpha value is -2.66. The van der Waals surface area contributed by atoms with Crippen molar-refractivity contribution in [1.29, 1.82) is 0 Å². The van der Waals surface area contributed by atoms with E-state index in [4.69, 9.17) is 4.74 Å². The summed E-state index contributed by atoms with van der Waals surface area (Å²) in [5.74, 6) is -0.391. The van der Waals surface area contributed by atoms with Gasteiger partial charge in [-0.15, -0.1) is 0 Å². The van der Waals surface area contributed by atoms with Gasteiger partial charge in [-0.3, -0.25) is 0 Å². The Morgan fingerprint density at radius 3 is 2.74 bits per heavy atom. The first-order valence-corrected chi connectivity index (χ1v) is 9.67. The average molecular weight is 423 g/mol. The van der Waals surface area contributed by atoms with Crippen molar-refractivity contribution in [3.05, 3.63) is 76.0 Å². The monoisotopic (exact) mass is 422 g/mol. The number of halogens is 1. The van der Waals surface area contributed by atoms with Crippen molar-refractivity contribution in [2.24, 2.45) is 0 Å². The number of ether oxygens (including phenoxy) is 1. The number of aromatic nitrogens is 2. The van der Waals surface area contributed by atoms with E-state index in [1.807, 2.05) is 18.2 Å². The molecule has 0 bridgehead atoms. The molecule has 0 saturated carbocycles. The number of benzene rings is 2. The molecule has 2 aromatic heterocycles. The van der Waals surface area contributed by atoms with Gasteiger partial charge in [-0.05, 0) is 37.6 Å². The van der Waals surface area contributed by atoms with E-state index in [1.54, 1.807) is 13.1 Å². The van der Waals surface area contributed by atoms with Crippen LogP contribution in [0.2, 0.25) is 0 Å². The maximum Gasteiger partial charge on any atom is 0.356 e. The van der Waals surface area contributed by atoms with Crippen LogP contribution in [0.25, 0.3) is 21.8 Å². The van der Waals surface area contributed by atoms with Crippen LogP contribution >= 0.6 is 15.9 Å². The SMILES string of the molecule is CCOC(=O)c1cc2c3ccccc3n(Cc3cc(C)ccc3Br)c2cn1. The number of para-hydroxylation sites is 1. The van der Waals surface area contributed by atoms with Crippen LogP contribution in [-0.4, -0.2) is 22.1 Å². The molecule has 0 spiro atoms. The highest BCUT2D eigenvalue weighted by atomic mass is 79.9. The minimum absolute atomic E-state index is 0.335. The summed E-state index contributed by atoms with van der Waals surface area (Å²) in [5.41, 5.74) is 4.87. The highest BCUT2D eigenvalue weighted by Crippen LogP contribution is 2.31. The molecule has 2 heterocycles.